The van der Waals surface area contributed by atoms with Gasteiger partial charge < -0.3 is 10.2 Å². The van der Waals surface area contributed by atoms with Crippen LogP contribution in [0.4, 0.5) is 5.69 Å². The summed E-state index contributed by atoms with van der Waals surface area (Å²) in [6.07, 6.45) is 1.94. The van der Waals surface area contributed by atoms with E-state index in [1.54, 1.807) is 19.1 Å². The number of likely N-dealkylation sites (N-methyl/N-ethyl adjacent to an activating group) is 1. The van der Waals surface area contributed by atoms with E-state index in [9.17, 15) is 14.9 Å². The number of carbonyl (C=O) groups is 1. The van der Waals surface area contributed by atoms with Crippen LogP contribution in [0.5, 0.6) is 0 Å². The van der Waals surface area contributed by atoms with E-state index in [2.05, 4.69) is 22.1 Å². The molecule has 3 aromatic rings. The maximum Gasteiger partial charge on any atom is 0.270 e. The lowest BCUT2D eigenvalue weighted by Crippen LogP contribution is -2.47. The minimum Gasteiger partial charge on any atom is -0.348 e. The largest absolute Gasteiger partial charge is 0.348 e. The average molecular weight is 446 g/mol. The molecule has 0 bridgehead atoms. The number of nitro benzene ring substituents is 1. The van der Waals surface area contributed by atoms with Crippen LogP contribution in [0.25, 0.3) is 22.6 Å². The Bertz CT molecular complexity index is 1170. The van der Waals surface area contributed by atoms with Crippen molar-refractivity contribution in [2.75, 3.05) is 19.6 Å². The lowest BCUT2D eigenvalue weighted by molar-refractivity contribution is -0.384. The van der Waals surface area contributed by atoms with E-state index in [4.69, 9.17) is 4.98 Å². The predicted molar refractivity (Wildman–Crippen MR) is 127 cm³/mol. The lowest BCUT2D eigenvalue weighted by atomic mass is 10.0. The summed E-state index contributed by atoms with van der Waals surface area (Å²) in [6.45, 7) is 6.68. The number of nitro groups is 1. The Morgan fingerprint density at radius 3 is 2.64 bits per heavy atom. The molecule has 0 spiro atoms. The van der Waals surface area contributed by atoms with E-state index < -0.39 is 4.92 Å². The van der Waals surface area contributed by atoms with E-state index in [1.807, 2.05) is 30.3 Å². The molecule has 8 heteroatoms. The van der Waals surface area contributed by atoms with Crippen LogP contribution >= 0.6 is 0 Å². The van der Waals surface area contributed by atoms with Gasteiger partial charge in [0.15, 0.2) is 5.82 Å². The minimum absolute atomic E-state index is 0.0392. The second-order valence-electron chi connectivity index (χ2n) is 8.24. The molecule has 8 nitrogen and oxygen atoms in total. The number of amides is 1. The molecule has 1 saturated heterocycles. The summed E-state index contributed by atoms with van der Waals surface area (Å²) in [6, 6.07) is 15.7. The number of piperidine rings is 1. The number of hydrogen-bond acceptors (Lipinski definition) is 6. The third-order valence-electron chi connectivity index (χ3n) is 5.97. The Labute approximate surface area is 192 Å². The minimum atomic E-state index is -0.448. The molecule has 1 amide bonds. The van der Waals surface area contributed by atoms with Crippen molar-refractivity contribution in [2.24, 2.45) is 0 Å². The molecule has 0 radical (unpaired) electrons. The molecule has 1 aliphatic heterocycles. The molecule has 33 heavy (non-hydrogen) atoms. The first-order valence-corrected chi connectivity index (χ1v) is 11.2. The summed E-state index contributed by atoms with van der Waals surface area (Å²) in [5, 5.41) is 14.5. The Morgan fingerprint density at radius 1 is 1.15 bits per heavy atom. The normalized spacial score (nSPS) is 16.4. The van der Waals surface area contributed by atoms with Crippen LogP contribution in [-0.2, 0) is 0 Å². The highest BCUT2D eigenvalue weighted by Gasteiger charge is 2.26. The van der Waals surface area contributed by atoms with Crippen molar-refractivity contribution < 1.29 is 9.72 Å². The van der Waals surface area contributed by atoms with Gasteiger partial charge >= 0.3 is 0 Å². The number of nitrogens with zero attached hydrogens (tertiary/aromatic N) is 4. The fourth-order valence-corrected chi connectivity index (χ4v) is 4.25. The van der Waals surface area contributed by atoms with E-state index >= 15 is 0 Å². The second-order valence-corrected chi connectivity index (χ2v) is 8.24. The lowest BCUT2D eigenvalue weighted by Gasteiger charge is -2.32. The molecule has 1 fully saturated rings. The number of non-ortho nitro benzene ring substituents is 1. The highest BCUT2D eigenvalue weighted by atomic mass is 16.6. The van der Waals surface area contributed by atoms with E-state index in [0.717, 1.165) is 38.0 Å². The van der Waals surface area contributed by atoms with Gasteiger partial charge in [0.05, 0.1) is 21.9 Å². The van der Waals surface area contributed by atoms with Crippen molar-refractivity contribution in [3.63, 3.8) is 0 Å². The first-order chi connectivity index (χ1) is 16.0. The molecule has 4 rings (SSSR count). The fraction of sp³-hybridized carbons (Fsp3) is 0.320. The SMILES string of the molecule is CCN1CCCC(NC(=O)c2c(C)nc(-c3ccccc3)nc2-c2cccc([N+](=O)[O-])c2)C1. The van der Waals surface area contributed by atoms with Crippen LogP contribution in [0.15, 0.2) is 54.6 Å². The van der Waals surface area contributed by atoms with Gasteiger partial charge in [0.25, 0.3) is 11.6 Å². The van der Waals surface area contributed by atoms with Crippen molar-refractivity contribution in [1.82, 2.24) is 20.2 Å². The van der Waals surface area contributed by atoms with Gasteiger partial charge in [-0.3, -0.25) is 14.9 Å². The first kappa shape index (κ1) is 22.5. The van der Waals surface area contributed by atoms with Gasteiger partial charge in [0, 0.05) is 35.8 Å². The molecule has 2 heterocycles. The number of aromatic nitrogens is 2. The number of likely N-dealkylation sites (tertiary alicyclic amines) is 1. The molecular formula is C25H27N5O3. The average Bonchev–Trinajstić information content (AvgIpc) is 2.84. The number of carbonyl (C=O) groups excluding carboxylic acids is 1. The number of nitrogens with one attached hydrogen (secondary N) is 1. The van der Waals surface area contributed by atoms with Gasteiger partial charge in [-0.05, 0) is 32.9 Å². The second kappa shape index (κ2) is 9.87. The smallest absolute Gasteiger partial charge is 0.270 e. The Kier molecular flexibility index (Phi) is 6.74. The highest BCUT2D eigenvalue weighted by molar-refractivity contribution is 6.01. The van der Waals surface area contributed by atoms with Gasteiger partial charge in [-0.25, -0.2) is 9.97 Å². The van der Waals surface area contributed by atoms with Gasteiger partial charge in [-0.15, -0.1) is 0 Å². The molecule has 0 saturated carbocycles. The van der Waals surface area contributed by atoms with Crippen molar-refractivity contribution >= 4 is 11.6 Å². The van der Waals surface area contributed by atoms with E-state index in [0.29, 0.717) is 28.3 Å². The van der Waals surface area contributed by atoms with Gasteiger partial charge in [-0.1, -0.05) is 49.4 Å². The zero-order valence-electron chi connectivity index (χ0n) is 18.8. The van der Waals surface area contributed by atoms with Crippen molar-refractivity contribution in [3.05, 3.63) is 76.0 Å². The number of benzene rings is 2. The third-order valence-corrected chi connectivity index (χ3v) is 5.97. The van der Waals surface area contributed by atoms with Crippen molar-refractivity contribution in [3.8, 4) is 22.6 Å². The summed E-state index contributed by atoms with van der Waals surface area (Å²) in [5.41, 5.74) is 2.55. The fourth-order valence-electron chi connectivity index (χ4n) is 4.25. The maximum atomic E-state index is 13.4. The molecule has 1 N–H and O–H groups in total. The predicted octanol–water partition coefficient (Wildman–Crippen LogP) is 4.24. The third kappa shape index (κ3) is 5.06. The monoisotopic (exact) mass is 445 g/mol. The van der Waals surface area contributed by atoms with Crippen LogP contribution in [0.1, 0.15) is 35.8 Å². The van der Waals surface area contributed by atoms with Crippen molar-refractivity contribution in [1.29, 1.82) is 0 Å². The van der Waals surface area contributed by atoms with Gasteiger partial charge in [-0.2, -0.15) is 0 Å². The molecule has 0 aliphatic carbocycles. The Hall–Kier alpha value is -3.65. The Morgan fingerprint density at radius 2 is 1.91 bits per heavy atom. The zero-order chi connectivity index (χ0) is 23.4. The number of hydrogen-bond donors (Lipinski definition) is 1. The Balaban J connectivity index is 1.78. The molecule has 1 atom stereocenters. The number of rotatable bonds is 6. The molecular weight excluding hydrogens is 418 g/mol. The summed E-state index contributed by atoms with van der Waals surface area (Å²) in [5.74, 6) is 0.220. The van der Waals surface area contributed by atoms with Gasteiger partial charge in [0.1, 0.15) is 0 Å². The van der Waals surface area contributed by atoms with E-state index in [1.165, 1.54) is 12.1 Å². The highest BCUT2D eigenvalue weighted by Crippen LogP contribution is 2.29. The summed E-state index contributed by atoms with van der Waals surface area (Å²) >= 11 is 0. The quantitative estimate of drug-likeness (QED) is 0.450. The number of aryl methyl sites for hydroxylation is 1. The molecule has 1 aromatic heterocycles. The summed E-state index contributed by atoms with van der Waals surface area (Å²) in [4.78, 5) is 36.0. The van der Waals surface area contributed by atoms with E-state index in [-0.39, 0.29) is 17.6 Å². The standard InChI is InChI=1S/C25H27N5O3/c1-3-29-14-8-12-20(16-29)27-25(31)22-17(2)26-24(18-9-5-4-6-10-18)28-23(22)19-11-7-13-21(15-19)30(32)33/h4-7,9-11,13,15,20H,3,8,12,14,16H2,1-2H3,(H,27,31). The van der Waals surface area contributed by atoms with Crippen molar-refractivity contribution in [2.45, 2.75) is 32.7 Å². The van der Waals surface area contributed by atoms with Crippen LogP contribution in [0, 0.1) is 17.0 Å². The molecule has 2 aromatic carbocycles. The van der Waals surface area contributed by atoms with Gasteiger partial charge in [0.2, 0.25) is 0 Å². The first-order valence-electron chi connectivity index (χ1n) is 11.2. The maximum absolute atomic E-state index is 13.4. The molecule has 170 valence electrons. The van der Waals surface area contributed by atoms with Crippen LogP contribution in [0.2, 0.25) is 0 Å². The zero-order valence-corrected chi connectivity index (χ0v) is 18.8. The van der Waals surface area contributed by atoms with Crippen LogP contribution in [0.3, 0.4) is 0 Å². The summed E-state index contributed by atoms with van der Waals surface area (Å²) < 4.78 is 0. The van der Waals surface area contributed by atoms with Crippen LogP contribution in [-0.4, -0.2) is 51.4 Å². The topological polar surface area (TPSA) is 101 Å². The summed E-state index contributed by atoms with van der Waals surface area (Å²) in [7, 11) is 0. The molecule has 1 aliphatic rings. The van der Waals surface area contributed by atoms with Crippen LogP contribution < -0.4 is 5.32 Å². The molecule has 1 unspecified atom stereocenters.